The molecule has 6 heteroatoms. The molecule has 1 atom stereocenters. The summed E-state index contributed by atoms with van der Waals surface area (Å²) in [6.45, 7) is 5.37. The molecular weight excluding hydrogens is 479 g/mol. The average Bonchev–Trinajstić information content (AvgIpc) is 3.20. The second-order valence-electron chi connectivity index (χ2n) is 8.15. The van der Waals surface area contributed by atoms with E-state index in [9.17, 15) is 9.90 Å². The second kappa shape index (κ2) is 11.1. The lowest BCUT2D eigenvalue weighted by Crippen LogP contribution is -3.00. The zero-order valence-corrected chi connectivity index (χ0v) is 19.6. The highest BCUT2D eigenvalue weighted by Crippen LogP contribution is 2.40. The molecule has 0 radical (unpaired) electrons. The van der Waals surface area contributed by atoms with Crippen LogP contribution in [0.2, 0.25) is 0 Å². The lowest BCUT2D eigenvalue weighted by atomic mass is 9.73. The van der Waals surface area contributed by atoms with Crippen LogP contribution in [0.5, 0.6) is 0 Å². The molecule has 0 saturated heterocycles. The normalized spacial score (nSPS) is 16.8. The number of hydrogen-bond acceptors (Lipinski definition) is 3. The Morgan fingerprint density at radius 3 is 2.59 bits per heavy atom. The Morgan fingerprint density at radius 2 is 1.93 bits per heavy atom. The van der Waals surface area contributed by atoms with E-state index in [4.69, 9.17) is 4.74 Å². The van der Waals surface area contributed by atoms with Gasteiger partial charge in [0.1, 0.15) is 12.4 Å². The average molecular weight is 512 g/mol. The van der Waals surface area contributed by atoms with Crippen molar-refractivity contribution in [3.8, 4) is 0 Å². The molecular formula is C23H33IN2O3. The van der Waals surface area contributed by atoms with Crippen LogP contribution in [0, 0.1) is 5.92 Å². The van der Waals surface area contributed by atoms with Gasteiger partial charge in [0, 0.05) is 12.3 Å². The molecule has 5 nitrogen and oxygen atoms in total. The van der Waals surface area contributed by atoms with Crippen LogP contribution in [-0.4, -0.2) is 22.7 Å². The van der Waals surface area contributed by atoms with E-state index < -0.39 is 11.6 Å². The van der Waals surface area contributed by atoms with Crippen molar-refractivity contribution in [1.29, 1.82) is 0 Å². The maximum Gasteiger partial charge on any atom is 0.343 e. The Bertz CT molecular complexity index is 756. The topological polar surface area (TPSA) is 66.2 Å². The number of benzene rings is 1. The van der Waals surface area contributed by atoms with Crippen LogP contribution in [0.1, 0.15) is 69.7 Å². The van der Waals surface area contributed by atoms with Crippen molar-refractivity contribution in [3.63, 3.8) is 0 Å². The van der Waals surface area contributed by atoms with E-state index >= 15 is 0 Å². The van der Waals surface area contributed by atoms with Gasteiger partial charge in [-0.3, -0.25) is 0 Å². The molecule has 2 aromatic rings. The van der Waals surface area contributed by atoms with Gasteiger partial charge in [0.25, 0.3) is 5.82 Å². The van der Waals surface area contributed by atoms with Crippen molar-refractivity contribution in [3.05, 3.63) is 54.1 Å². The van der Waals surface area contributed by atoms with Gasteiger partial charge in [0.2, 0.25) is 0 Å². The molecule has 1 unspecified atom stereocenters. The first-order chi connectivity index (χ1) is 13.5. The molecule has 1 aromatic heterocycles. The van der Waals surface area contributed by atoms with E-state index in [1.807, 2.05) is 42.7 Å². The molecule has 1 heterocycles. The van der Waals surface area contributed by atoms with E-state index in [-0.39, 0.29) is 29.9 Å². The monoisotopic (exact) mass is 512 g/mol. The number of nitrogens with one attached hydrogen (secondary N) is 1. The van der Waals surface area contributed by atoms with Gasteiger partial charge in [-0.2, -0.15) is 0 Å². The van der Waals surface area contributed by atoms with Crippen molar-refractivity contribution in [1.82, 2.24) is 4.98 Å². The number of aryl methyl sites for hydroxylation is 1. The number of nitrogens with zero attached hydrogens (tertiary/aromatic N) is 1. The predicted octanol–water partition coefficient (Wildman–Crippen LogP) is 0.831. The number of aromatic amines is 1. The van der Waals surface area contributed by atoms with Crippen LogP contribution in [-0.2, 0) is 21.7 Å². The summed E-state index contributed by atoms with van der Waals surface area (Å²) in [6, 6.07) is 9.30. The molecule has 2 N–H and O–H groups in total. The van der Waals surface area contributed by atoms with Gasteiger partial charge in [0.15, 0.2) is 5.60 Å². The summed E-state index contributed by atoms with van der Waals surface area (Å²) < 4.78 is 7.76. The minimum atomic E-state index is -1.55. The first-order valence-electron chi connectivity index (χ1n) is 10.5. The Hall–Kier alpha value is -1.41. The van der Waals surface area contributed by atoms with Gasteiger partial charge in [-0.25, -0.2) is 14.3 Å². The smallest absolute Gasteiger partial charge is 0.343 e. The van der Waals surface area contributed by atoms with Gasteiger partial charge >= 0.3 is 5.97 Å². The molecule has 0 amide bonds. The number of halogens is 1. The zero-order valence-electron chi connectivity index (χ0n) is 17.4. The maximum atomic E-state index is 13.0. The van der Waals surface area contributed by atoms with Crippen LogP contribution >= 0.6 is 0 Å². The molecule has 1 aliphatic rings. The third-order valence-electron chi connectivity index (χ3n) is 5.84. The van der Waals surface area contributed by atoms with Gasteiger partial charge in [-0.15, -0.1) is 0 Å². The molecule has 0 bridgehead atoms. The molecule has 3 rings (SSSR count). The molecule has 29 heavy (non-hydrogen) atoms. The van der Waals surface area contributed by atoms with E-state index in [2.05, 4.69) is 23.4 Å². The van der Waals surface area contributed by atoms with Gasteiger partial charge in [-0.05, 0) is 18.4 Å². The minimum absolute atomic E-state index is 0. The SMILES string of the molecule is CC(C)c1[nH]cc[n+]1CCCOC(=O)C(O)(c1ccccc1)C1CCCCC1.[I-]. The summed E-state index contributed by atoms with van der Waals surface area (Å²) in [7, 11) is 0. The first kappa shape index (κ1) is 23.9. The maximum absolute atomic E-state index is 13.0. The fraction of sp³-hybridized carbons (Fsp3) is 0.565. The van der Waals surface area contributed by atoms with Crippen LogP contribution in [0.4, 0.5) is 0 Å². The van der Waals surface area contributed by atoms with Crippen molar-refractivity contribution in [2.75, 3.05) is 6.61 Å². The number of carbonyl (C=O) groups excluding carboxylic acids is 1. The number of imidazole rings is 1. The van der Waals surface area contributed by atoms with Gasteiger partial charge < -0.3 is 33.8 Å². The minimum Gasteiger partial charge on any atom is -1.00 e. The van der Waals surface area contributed by atoms with Crippen molar-refractivity contribution >= 4 is 5.97 Å². The Balaban J connectivity index is 0.00000300. The van der Waals surface area contributed by atoms with E-state index in [0.29, 0.717) is 24.5 Å². The fourth-order valence-corrected chi connectivity index (χ4v) is 4.31. The van der Waals surface area contributed by atoms with Crippen molar-refractivity contribution < 1.29 is 43.2 Å². The standard InChI is InChI=1S/C23H32N2O3.HI/c1-18(2)21-24-14-16-25(21)15-9-17-28-22(26)23(27,19-10-5-3-6-11-19)20-12-7-4-8-13-20;/h3,5-6,10-11,14,16,18,20,27H,4,7-9,12-13,15,17H2,1-2H3;1H. The quantitative estimate of drug-likeness (QED) is 0.239. The third kappa shape index (κ3) is 5.60. The van der Waals surface area contributed by atoms with E-state index in [1.165, 1.54) is 6.42 Å². The Kier molecular flexibility index (Phi) is 9.14. The molecule has 1 aliphatic carbocycles. The first-order valence-corrected chi connectivity index (χ1v) is 10.5. The van der Waals surface area contributed by atoms with Crippen LogP contribution in [0.25, 0.3) is 0 Å². The second-order valence-corrected chi connectivity index (χ2v) is 8.15. The summed E-state index contributed by atoms with van der Waals surface area (Å²) in [5.74, 6) is 0.984. The van der Waals surface area contributed by atoms with Gasteiger partial charge in [0.05, 0.1) is 19.1 Å². The van der Waals surface area contributed by atoms with E-state index in [1.54, 1.807) is 0 Å². The third-order valence-corrected chi connectivity index (χ3v) is 5.84. The number of esters is 1. The predicted molar refractivity (Wildman–Crippen MR) is 108 cm³/mol. The lowest BCUT2D eigenvalue weighted by molar-refractivity contribution is -0.704. The number of ether oxygens (including phenoxy) is 1. The molecule has 0 spiro atoms. The number of hydrogen-bond donors (Lipinski definition) is 2. The molecule has 160 valence electrons. The molecule has 1 aromatic carbocycles. The highest BCUT2D eigenvalue weighted by molar-refractivity contribution is 5.81. The zero-order chi connectivity index (χ0) is 20.0. The largest absolute Gasteiger partial charge is 1.00 e. The Labute approximate surface area is 190 Å². The summed E-state index contributed by atoms with van der Waals surface area (Å²) in [6.07, 6.45) is 9.64. The molecule has 1 saturated carbocycles. The fourth-order valence-electron chi connectivity index (χ4n) is 4.31. The highest BCUT2D eigenvalue weighted by Gasteiger charge is 2.47. The number of aliphatic hydroxyl groups is 1. The summed E-state index contributed by atoms with van der Waals surface area (Å²) in [5.41, 5.74) is -0.902. The number of carbonyl (C=O) groups is 1. The van der Waals surface area contributed by atoms with Crippen LogP contribution in [0.3, 0.4) is 0 Å². The van der Waals surface area contributed by atoms with Crippen molar-refractivity contribution in [2.24, 2.45) is 5.92 Å². The number of aromatic nitrogens is 2. The summed E-state index contributed by atoms with van der Waals surface area (Å²) in [4.78, 5) is 16.3. The Morgan fingerprint density at radius 1 is 1.24 bits per heavy atom. The highest BCUT2D eigenvalue weighted by atomic mass is 127. The van der Waals surface area contributed by atoms with E-state index in [0.717, 1.165) is 38.1 Å². The molecule has 1 fully saturated rings. The van der Waals surface area contributed by atoms with Crippen LogP contribution in [0.15, 0.2) is 42.7 Å². The van der Waals surface area contributed by atoms with Crippen LogP contribution < -0.4 is 28.5 Å². The van der Waals surface area contributed by atoms with Gasteiger partial charge in [-0.1, -0.05) is 63.4 Å². The molecule has 0 aliphatic heterocycles. The summed E-state index contributed by atoms with van der Waals surface area (Å²) in [5, 5.41) is 11.5. The lowest BCUT2D eigenvalue weighted by Gasteiger charge is -2.36. The summed E-state index contributed by atoms with van der Waals surface area (Å²) >= 11 is 0. The van der Waals surface area contributed by atoms with Crippen molar-refractivity contribution in [2.45, 2.75) is 70.4 Å². The number of H-pyrrole nitrogens is 1. The number of rotatable bonds is 8.